The van der Waals surface area contributed by atoms with Gasteiger partial charge >= 0.3 is 80.9 Å². The smallest absolute Gasteiger partial charge is 0.756 e. The van der Waals surface area contributed by atoms with Gasteiger partial charge in [0.05, 0.1) is 0 Å². The van der Waals surface area contributed by atoms with Crippen LogP contribution in [-0.4, -0.2) is 25.0 Å². The van der Waals surface area contributed by atoms with Gasteiger partial charge < -0.3 is 34.8 Å². The van der Waals surface area contributed by atoms with E-state index in [0.717, 1.165) is 0 Å². The Kier molecular flexibility index (Phi) is 29.4. The maximum Gasteiger partial charge on any atom is 1.00 e. The molecular weight excluding hydrogens is 268 g/mol. The standard InChI is InChI=1S/K.Na.2H3O4P.H2O/c;;2*1-5(2,3)4;/h;;2*(H3,1,2,3,4);1H2/q2*+1;;;/p-2. The van der Waals surface area contributed by atoms with Gasteiger partial charge in [0.2, 0.25) is 0 Å². The average Bonchev–Trinajstić information content (AvgIpc) is 1.12. The molecule has 0 aliphatic heterocycles. The summed E-state index contributed by atoms with van der Waals surface area (Å²) in [5.74, 6) is 0. The predicted octanol–water partition coefficient (Wildman–Crippen LogP) is -9.94. The SMILES string of the molecule is O.O=P([O-])(O)O.O=P([O-])(O)O.[K+].[Na+]. The van der Waals surface area contributed by atoms with Gasteiger partial charge in [-0.05, 0) is 0 Å². The second kappa shape index (κ2) is 12.9. The zero-order chi connectivity index (χ0) is 9.00. The van der Waals surface area contributed by atoms with Crippen molar-refractivity contribution < 1.29 is 125 Å². The molecule has 0 aromatic carbocycles. The molecule has 6 N–H and O–H groups in total. The van der Waals surface area contributed by atoms with Crippen LogP contribution in [0.1, 0.15) is 0 Å². The minimum atomic E-state index is -4.89. The summed E-state index contributed by atoms with van der Waals surface area (Å²) in [6.45, 7) is 0. The second-order valence-electron chi connectivity index (χ2n) is 0.981. The van der Waals surface area contributed by atoms with E-state index in [1.807, 2.05) is 0 Å². The second-order valence-corrected chi connectivity index (χ2v) is 2.94. The van der Waals surface area contributed by atoms with Crippen LogP contribution in [0.25, 0.3) is 0 Å². The van der Waals surface area contributed by atoms with E-state index in [0.29, 0.717) is 0 Å². The molecule has 0 aromatic rings. The predicted molar refractivity (Wildman–Crippen MR) is 27.7 cm³/mol. The summed E-state index contributed by atoms with van der Waals surface area (Å²) in [5.41, 5.74) is 0. The van der Waals surface area contributed by atoms with Crippen molar-refractivity contribution in [1.29, 1.82) is 0 Å². The third kappa shape index (κ3) is 307. The molecule has 9 nitrogen and oxygen atoms in total. The maximum absolute atomic E-state index is 8.77. The van der Waals surface area contributed by atoms with Gasteiger partial charge in [0.15, 0.2) is 0 Å². The number of rotatable bonds is 0. The van der Waals surface area contributed by atoms with Gasteiger partial charge in [-0.2, -0.15) is 0 Å². The largest absolute Gasteiger partial charge is 1.00 e. The zero-order valence-electron chi connectivity index (χ0n) is 6.82. The zero-order valence-corrected chi connectivity index (χ0v) is 13.7. The molecule has 0 amide bonds. The third-order valence-electron chi connectivity index (χ3n) is 0. The molecule has 0 unspecified atom stereocenters. The number of hydrogen-bond donors (Lipinski definition) is 4. The summed E-state index contributed by atoms with van der Waals surface area (Å²) in [7, 11) is -9.78. The normalized spacial score (nSPS) is 9.08. The van der Waals surface area contributed by atoms with E-state index in [1.54, 1.807) is 0 Å². The van der Waals surface area contributed by atoms with Crippen molar-refractivity contribution in [1.82, 2.24) is 0 Å². The average molecular weight is 274 g/mol. The van der Waals surface area contributed by atoms with Crippen LogP contribution >= 0.6 is 15.6 Å². The Morgan fingerprint density at radius 3 is 0.846 bits per heavy atom. The van der Waals surface area contributed by atoms with Crippen LogP contribution in [0, 0.1) is 0 Å². The molecule has 0 aliphatic carbocycles. The van der Waals surface area contributed by atoms with E-state index in [-0.39, 0.29) is 86.4 Å². The minimum Gasteiger partial charge on any atom is -0.756 e. The third-order valence-corrected chi connectivity index (χ3v) is 0. The molecule has 0 aliphatic rings. The molecule has 13 heteroatoms. The van der Waals surface area contributed by atoms with E-state index in [4.69, 9.17) is 38.5 Å². The summed E-state index contributed by atoms with van der Waals surface area (Å²) in [4.78, 5) is 45.8. The molecule has 0 atom stereocenters. The Bertz CT molecular complexity index is 130. The molecule has 0 heterocycles. The number of hydrogen-bond acceptors (Lipinski definition) is 4. The van der Waals surface area contributed by atoms with Gasteiger partial charge in [-0.1, -0.05) is 0 Å². The Balaban J connectivity index is -0.0000000267. The summed E-state index contributed by atoms with van der Waals surface area (Å²) in [5, 5.41) is 0. The molecule has 0 saturated heterocycles. The van der Waals surface area contributed by atoms with Crippen molar-refractivity contribution in [3.63, 3.8) is 0 Å². The van der Waals surface area contributed by atoms with Crippen LogP contribution in [0.2, 0.25) is 0 Å². The van der Waals surface area contributed by atoms with Gasteiger partial charge in [0.1, 0.15) is 0 Å². The Morgan fingerprint density at radius 1 is 0.846 bits per heavy atom. The van der Waals surface area contributed by atoms with Crippen molar-refractivity contribution in [2.75, 3.05) is 0 Å². The van der Waals surface area contributed by atoms with Gasteiger partial charge in [0.25, 0.3) is 15.6 Å². The molecule has 0 saturated carbocycles. The van der Waals surface area contributed by atoms with Gasteiger partial charge in [0, 0.05) is 0 Å². The van der Waals surface area contributed by atoms with Crippen LogP contribution in [0.15, 0.2) is 0 Å². The maximum atomic E-state index is 8.77. The topological polar surface area (TPSA) is 193 Å². The van der Waals surface area contributed by atoms with Crippen molar-refractivity contribution in [2.45, 2.75) is 0 Å². The van der Waals surface area contributed by atoms with Gasteiger partial charge in [-0.25, -0.2) is 0 Å². The molecule has 13 heavy (non-hydrogen) atoms. The molecular formula is H6KNaO9P2. The van der Waals surface area contributed by atoms with Crippen LogP contribution in [0.5, 0.6) is 0 Å². The monoisotopic (exact) mass is 274 g/mol. The molecule has 72 valence electrons. The van der Waals surface area contributed by atoms with E-state index >= 15 is 0 Å². The van der Waals surface area contributed by atoms with Gasteiger partial charge in [-0.3, -0.25) is 9.13 Å². The van der Waals surface area contributed by atoms with Gasteiger partial charge in [-0.15, -0.1) is 0 Å². The van der Waals surface area contributed by atoms with E-state index in [9.17, 15) is 0 Å². The first-order valence-electron chi connectivity index (χ1n) is 1.53. The summed E-state index contributed by atoms with van der Waals surface area (Å²) >= 11 is 0. The van der Waals surface area contributed by atoms with Crippen molar-refractivity contribution in [2.24, 2.45) is 0 Å². The van der Waals surface area contributed by atoms with Crippen LogP contribution in [-0.2, 0) is 9.13 Å². The molecule has 0 fully saturated rings. The van der Waals surface area contributed by atoms with E-state index in [1.165, 1.54) is 0 Å². The fourth-order valence-electron chi connectivity index (χ4n) is 0. The van der Waals surface area contributed by atoms with Crippen molar-refractivity contribution in [3.8, 4) is 0 Å². The fourth-order valence-corrected chi connectivity index (χ4v) is 0. The van der Waals surface area contributed by atoms with Crippen molar-refractivity contribution >= 4 is 15.6 Å². The Labute approximate surface area is 138 Å². The van der Waals surface area contributed by atoms with Crippen LogP contribution < -0.4 is 90.7 Å². The molecule has 0 rings (SSSR count). The summed E-state index contributed by atoms with van der Waals surface area (Å²) in [6, 6.07) is 0. The minimum absolute atomic E-state index is 0. The molecule has 0 bridgehead atoms. The quantitative estimate of drug-likeness (QED) is 0.247. The first kappa shape index (κ1) is 29.7. The summed E-state index contributed by atoms with van der Waals surface area (Å²) < 4.78 is 17.5. The Morgan fingerprint density at radius 2 is 0.846 bits per heavy atom. The first-order chi connectivity index (χ1) is 4.00. The number of phosphoric acid groups is 2. The van der Waals surface area contributed by atoms with Crippen molar-refractivity contribution in [3.05, 3.63) is 0 Å². The van der Waals surface area contributed by atoms with Crippen LogP contribution in [0.4, 0.5) is 0 Å². The first-order valence-corrected chi connectivity index (χ1v) is 4.59. The molecule has 0 radical (unpaired) electrons. The van der Waals surface area contributed by atoms with E-state index in [2.05, 4.69) is 0 Å². The Hall–Kier alpha value is 2.82. The summed E-state index contributed by atoms with van der Waals surface area (Å²) in [6.07, 6.45) is 0. The molecule has 0 aromatic heterocycles. The van der Waals surface area contributed by atoms with E-state index < -0.39 is 15.6 Å². The molecule has 0 spiro atoms. The van der Waals surface area contributed by atoms with Crippen LogP contribution in [0.3, 0.4) is 0 Å². The fraction of sp³-hybridized carbons (Fsp3) is 0.